The van der Waals surface area contributed by atoms with Gasteiger partial charge in [0.2, 0.25) is 0 Å². The smallest absolute Gasteiger partial charge is 0.410 e. The summed E-state index contributed by atoms with van der Waals surface area (Å²) in [5.74, 6) is 1.30. The molecule has 176 valence electrons. The van der Waals surface area contributed by atoms with Crippen LogP contribution in [0.5, 0.6) is 0 Å². The molecule has 2 saturated heterocycles. The quantitative estimate of drug-likeness (QED) is 0.308. The topological polar surface area (TPSA) is 69.2 Å². The van der Waals surface area contributed by atoms with E-state index in [1.807, 2.05) is 25.7 Å². The molecular weight excluding hydrogens is 493 g/mol. The summed E-state index contributed by atoms with van der Waals surface area (Å²) in [4.78, 5) is 21.6. The number of carbonyl (C=O) groups is 1. The Morgan fingerprint density at radius 2 is 1.83 bits per heavy atom. The molecule has 1 atom stereocenters. The molecule has 0 spiro atoms. The number of hydrogen-bond acceptors (Lipinski definition) is 4. The molecule has 2 rings (SSSR count). The summed E-state index contributed by atoms with van der Waals surface area (Å²) >= 11 is 0. The van der Waals surface area contributed by atoms with E-state index >= 15 is 0 Å². The predicted molar refractivity (Wildman–Crippen MR) is 135 cm³/mol. The van der Waals surface area contributed by atoms with E-state index in [-0.39, 0.29) is 30.1 Å². The van der Waals surface area contributed by atoms with Crippen molar-refractivity contribution in [3.63, 3.8) is 0 Å². The van der Waals surface area contributed by atoms with Gasteiger partial charge in [0.15, 0.2) is 5.96 Å². The Hall–Kier alpha value is -0.770. The van der Waals surface area contributed by atoms with E-state index in [9.17, 15) is 4.79 Å². The molecule has 0 aromatic carbocycles. The SMILES string of the molecule is CCCN1CCC(NC(=NCC2CCCN(C(=O)OC(C)(C)C)C2)NCC)CC1.I. The second-order valence-corrected chi connectivity index (χ2v) is 9.41. The lowest BCUT2D eigenvalue weighted by atomic mass is 9.98. The van der Waals surface area contributed by atoms with E-state index in [2.05, 4.69) is 29.4 Å². The van der Waals surface area contributed by atoms with E-state index in [1.54, 1.807) is 0 Å². The lowest BCUT2D eigenvalue weighted by Crippen LogP contribution is -2.49. The van der Waals surface area contributed by atoms with Crippen LogP contribution in [-0.4, -0.2) is 79.3 Å². The lowest BCUT2D eigenvalue weighted by Gasteiger charge is -2.34. The summed E-state index contributed by atoms with van der Waals surface area (Å²) in [5.41, 5.74) is -0.447. The van der Waals surface area contributed by atoms with Gasteiger partial charge >= 0.3 is 6.09 Å². The zero-order valence-corrected chi connectivity index (χ0v) is 22.0. The minimum atomic E-state index is -0.447. The number of piperidine rings is 2. The summed E-state index contributed by atoms with van der Waals surface area (Å²) in [6, 6.07) is 0.491. The van der Waals surface area contributed by atoms with E-state index in [4.69, 9.17) is 9.73 Å². The Bertz CT molecular complexity index is 530. The van der Waals surface area contributed by atoms with Crippen molar-refractivity contribution >= 4 is 36.0 Å². The Kier molecular flexibility index (Phi) is 12.4. The number of hydrogen-bond donors (Lipinski definition) is 2. The summed E-state index contributed by atoms with van der Waals surface area (Å²) in [6.07, 6.45) is 5.48. The third-order valence-corrected chi connectivity index (χ3v) is 5.49. The molecule has 2 aliphatic rings. The minimum Gasteiger partial charge on any atom is -0.444 e. The maximum Gasteiger partial charge on any atom is 0.410 e. The molecule has 2 N–H and O–H groups in total. The van der Waals surface area contributed by atoms with Crippen LogP contribution in [-0.2, 0) is 4.74 Å². The molecule has 1 amide bonds. The van der Waals surface area contributed by atoms with Crippen LogP contribution in [0.15, 0.2) is 4.99 Å². The van der Waals surface area contributed by atoms with Gasteiger partial charge in [0.1, 0.15) is 5.60 Å². The van der Waals surface area contributed by atoms with Gasteiger partial charge in [-0.2, -0.15) is 0 Å². The fourth-order valence-electron chi connectivity index (χ4n) is 4.06. The van der Waals surface area contributed by atoms with Gasteiger partial charge in [-0.05, 0) is 72.3 Å². The molecule has 30 heavy (non-hydrogen) atoms. The van der Waals surface area contributed by atoms with Gasteiger partial charge in [0.05, 0.1) is 0 Å². The fraction of sp³-hybridized carbons (Fsp3) is 0.909. The summed E-state index contributed by atoms with van der Waals surface area (Å²) < 4.78 is 5.54. The molecule has 0 aromatic rings. The first-order valence-electron chi connectivity index (χ1n) is 11.6. The third-order valence-electron chi connectivity index (χ3n) is 5.49. The Labute approximate surface area is 200 Å². The molecule has 0 aliphatic carbocycles. The highest BCUT2D eigenvalue weighted by Gasteiger charge is 2.27. The van der Waals surface area contributed by atoms with Crippen molar-refractivity contribution in [2.24, 2.45) is 10.9 Å². The van der Waals surface area contributed by atoms with Gasteiger partial charge in [-0.3, -0.25) is 4.99 Å². The molecule has 0 saturated carbocycles. The highest BCUT2D eigenvalue weighted by Crippen LogP contribution is 2.19. The summed E-state index contributed by atoms with van der Waals surface area (Å²) in [6.45, 7) is 16.7. The van der Waals surface area contributed by atoms with Crippen molar-refractivity contribution in [1.82, 2.24) is 20.4 Å². The number of guanidine groups is 1. The zero-order valence-electron chi connectivity index (χ0n) is 19.7. The van der Waals surface area contributed by atoms with Crippen molar-refractivity contribution in [2.75, 3.05) is 45.8 Å². The molecule has 2 heterocycles. The van der Waals surface area contributed by atoms with Crippen LogP contribution in [0.2, 0.25) is 0 Å². The maximum atomic E-state index is 12.4. The van der Waals surface area contributed by atoms with Crippen LogP contribution >= 0.6 is 24.0 Å². The van der Waals surface area contributed by atoms with E-state index in [0.29, 0.717) is 12.0 Å². The number of ether oxygens (including phenoxy) is 1. The van der Waals surface area contributed by atoms with E-state index < -0.39 is 5.60 Å². The Morgan fingerprint density at radius 1 is 1.13 bits per heavy atom. The largest absolute Gasteiger partial charge is 0.444 e. The number of nitrogens with one attached hydrogen (secondary N) is 2. The van der Waals surface area contributed by atoms with Gasteiger partial charge < -0.3 is 25.2 Å². The van der Waals surface area contributed by atoms with Crippen molar-refractivity contribution < 1.29 is 9.53 Å². The molecule has 8 heteroatoms. The molecular formula is C22H44IN5O2. The van der Waals surface area contributed by atoms with Crippen LogP contribution in [0.1, 0.15) is 66.7 Å². The van der Waals surface area contributed by atoms with Crippen LogP contribution < -0.4 is 10.6 Å². The minimum absolute atomic E-state index is 0. The predicted octanol–water partition coefficient (Wildman–Crippen LogP) is 3.68. The number of aliphatic imine (C=N–C) groups is 1. The van der Waals surface area contributed by atoms with Crippen LogP contribution in [0.25, 0.3) is 0 Å². The maximum absolute atomic E-state index is 12.4. The Balaban J connectivity index is 0.00000450. The number of amides is 1. The second kappa shape index (κ2) is 13.6. The standard InChI is InChI=1S/C22H43N5O2.HI/c1-6-12-26-14-10-19(11-15-26)25-20(23-7-2)24-16-18-9-8-13-27(17-18)21(28)29-22(3,4)5;/h18-19H,6-17H2,1-5H3,(H2,23,24,25);1H. The zero-order chi connectivity index (χ0) is 21.3. The summed E-state index contributed by atoms with van der Waals surface area (Å²) in [5, 5.41) is 7.02. The number of nitrogens with zero attached hydrogens (tertiary/aromatic N) is 3. The highest BCUT2D eigenvalue weighted by molar-refractivity contribution is 14.0. The van der Waals surface area contributed by atoms with Crippen LogP contribution in [0.3, 0.4) is 0 Å². The number of rotatable bonds is 6. The first kappa shape index (κ1) is 27.3. The molecule has 1 unspecified atom stereocenters. The van der Waals surface area contributed by atoms with E-state index in [0.717, 1.165) is 45.0 Å². The first-order chi connectivity index (χ1) is 13.8. The number of likely N-dealkylation sites (tertiary alicyclic amines) is 2. The first-order valence-corrected chi connectivity index (χ1v) is 11.6. The average molecular weight is 538 g/mol. The van der Waals surface area contributed by atoms with Crippen molar-refractivity contribution in [1.29, 1.82) is 0 Å². The van der Waals surface area contributed by atoms with Crippen molar-refractivity contribution in [2.45, 2.75) is 78.4 Å². The van der Waals surface area contributed by atoms with Crippen molar-refractivity contribution in [3.05, 3.63) is 0 Å². The van der Waals surface area contributed by atoms with Crippen molar-refractivity contribution in [3.8, 4) is 0 Å². The number of carbonyl (C=O) groups excluding carboxylic acids is 1. The van der Waals surface area contributed by atoms with E-state index in [1.165, 1.54) is 38.9 Å². The van der Waals surface area contributed by atoms with Gasteiger partial charge in [-0.15, -0.1) is 24.0 Å². The van der Waals surface area contributed by atoms with Crippen LogP contribution in [0, 0.1) is 5.92 Å². The summed E-state index contributed by atoms with van der Waals surface area (Å²) in [7, 11) is 0. The second-order valence-electron chi connectivity index (χ2n) is 9.41. The molecule has 0 aromatic heterocycles. The fourth-order valence-corrected chi connectivity index (χ4v) is 4.06. The number of halogens is 1. The Morgan fingerprint density at radius 3 is 2.43 bits per heavy atom. The van der Waals surface area contributed by atoms with Gasteiger partial charge in [-0.1, -0.05) is 6.92 Å². The van der Waals surface area contributed by atoms with Gasteiger partial charge in [0, 0.05) is 45.3 Å². The molecule has 0 bridgehead atoms. The van der Waals surface area contributed by atoms with Gasteiger partial charge in [0.25, 0.3) is 0 Å². The molecule has 2 aliphatic heterocycles. The monoisotopic (exact) mass is 537 g/mol. The van der Waals surface area contributed by atoms with Gasteiger partial charge in [-0.25, -0.2) is 4.79 Å². The molecule has 2 fully saturated rings. The third kappa shape index (κ3) is 10.0. The molecule has 7 nitrogen and oxygen atoms in total. The average Bonchev–Trinajstić information content (AvgIpc) is 2.67. The normalized spacial score (nSPS) is 21.7. The molecule has 0 radical (unpaired) electrons. The highest BCUT2D eigenvalue weighted by atomic mass is 127. The van der Waals surface area contributed by atoms with Crippen LogP contribution in [0.4, 0.5) is 4.79 Å². The lowest BCUT2D eigenvalue weighted by molar-refractivity contribution is 0.0170.